The Hall–Kier alpha value is -2.09. The Labute approximate surface area is 165 Å². The standard InChI is InChI=1S/C15H24N2O.C3H8.C2HF3O2/c1-4-17(3)11-6-5-10-15(18)16-14-9-7-8-13(2)12-14;1-3-2;3-2(4,5)1(6)7/h7-9,12H,4-6,10-11H2,1-3H3,(H,16,18);3H2,1-2H3;(H,6,7)/p-1. The second kappa shape index (κ2) is 15.9. The number of carboxylic acids is 1. The van der Waals surface area contributed by atoms with Crippen molar-refractivity contribution in [3.8, 4) is 0 Å². The number of nitrogens with zero attached hydrogens (tertiary/aromatic N) is 1. The quantitative estimate of drug-likeness (QED) is 0.701. The molecule has 0 heterocycles. The van der Waals surface area contributed by atoms with Gasteiger partial charge >= 0.3 is 6.18 Å². The van der Waals surface area contributed by atoms with Gasteiger partial charge in [0.1, 0.15) is 5.97 Å². The van der Waals surface area contributed by atoms with Crippen molar-refractivity contribution >= 4 is 17.6 Å². The first kappa shape index (κ1) is 28.1. The fourth-order valence-electron chi connectivity index (χ4n) is 1.77. The van der Waals surface area contributed by atoms with Gasteiger partial charge in [-0.05, 0) is 57.6 Å². The van der Waals surface area contributed by atoms with Crippen molar-refractivity contribution in [3.63, 3.8) is 0 Å². The number of carbonyl (C=O) groups excluding carboxylic acids is 2. The number of carboxylic acid groups (broad SMARTS) is 1. The van der Waals surface area contributed by atoms with Gasteiger partial charge in [-0.15, -0.1) is 0 Å². The fraction of sp³-hybridized carbons (Fsp3) is 0.600. The number of rotatable bonds is 7. The van der Waals surface area contributed by atoms with Crippen molar-refractivity contribution in [2.75, 3.05) is 25.5 Å². The summed E-state index contributed by atoms with van der Waals surface area (Å²) in [5.74, 6) is -2.90. The highest BCUT2D eigenvalue weighted by molar-refractivity contribution is 5.90. The Bertz CT molecular complexity index is 564. The Kier molecular flexibility index (Phi) is 16.0. The molecule has 0 aliphatic rings. The number of hydrogen-bond acceptors (Lipinski definition) is 4. The molecule has 0 spiro atoms. The maximum atomic E-state index is 11.7. The minimum Gasteiger partial charge on any atom is -0.542 e. The lowest BCUT2D eigenvalue weighted by Crippen LogP contribution is -2.37. The highest BCUT2D eigenvalue weighted by atomic mass is 19.4. The van der Waals surface area contributed by atoms with E-state index in [9.17, 15) is 18.0 Å². The summed E-state index contributed by atoms with van der Waals surface area (Å²) in [5, 5.41) is 11.7. The van der Waals surface area contributed by atoms with E-state index in [0.717, 1.165) is 37.2 Å². The molecular formula is C20H32F3N2O3-. The van der Waals surface area contributed by atoms with Gasteiger partial charge in [-0.3, -0.25) is 4.79 Å². The van der Waals surface area contributed by atoms with E-state index in [-0.39, 0.29) is 5.91 Å². The maximum absolute atomic E-state index is 11.7. The van der Waals surface area contributed by atoms with Crippen LogP contribution < -0.4 is 10.4 Å². The molecule has 1 rings (SSSR count). The Morgan fingerprint density at radius 3 is 2.11 bits per heavy atom. The molecule has 1 N–H and O–H groups in total. The third kappa shape index (κ3) is 17.3. The van der Waals surface area contributed by atoms with Crippen LogP contribution in [-0.4, -0.2) is 43.1 Å². The molecule has 8 heteroatoms. The van der Waals surface area contributed by atoms with Gasteiger partial charge in [-0.2, -0.15) is 13.2 Å². The van der Waals surface area contributed by atoms with E-state index < -0.39 is 12.1 Å². The van der Waals surface area contributed by atoms with Crippen LogP contribution >= 0.6 is 0 Å². The lowest BCUT2D eigenvalue weighted by Gasteiger charge is -2.13. The third-order valence-corrected chi connectivity index (χ3v) is 3.27. The molecule has 0 unspecified atom stereocenters. The molecule has 0 bridgehead atoms. The van der Waals surface area contributed by atoms with Gasteiger partial charge in [0.05, 0.1) is 0 Å². The zero-order valence-corrected chi connectivity index (χ0v) is 17.4. The molecule has 0 saturated heterocycles. The summed E-state index contributed by atoms with van der Waals surface area (Å²) in [6.07, 6.45) is -1.32. The van der Waals surface area contributed by atoms with Crippen LogP contribution in [0.5, 0.6) is 0 Å². The smallest absolute Gasteiger partial charge is 0.430 e. The second-order valence-electron chi connectivity index (χ2n) is 6.26. The minimum absolute atomic E-state index is 0.111. The number of aliphatic carboxylic acids is 1. The number of nitrogens with one attached hydrogen (secondary N) is 1. The van der Waals surface area contributed by atoms with Gasteiger partial charge in [0.2, 0.25) is 5.91 Å². The molecule has 0 aliphatic carbocycles. The molecule has 0 atom stereocenters. The molecule has 0 radical (unpaired) electrons. The lowest BCUT2D eigenvalue weighted by atomic mass is 10.2. The van der Waals surface area contributed by atoms with Gasteiger partial charge in [0, 0.05) is 12.1 Å². The van der Waals surface area contributed by atoms with Crippen LogP contribution in [-0.2, 0) is 9.59 Å². The number of carbonyl (C=O) groups is 2. The summed E-state index contributed by atoms with van der Waals surface area (Å²) < 4.78 is 31.5. The SMILES string of the molecule is CCC.CCN(C)CCCCC(=O)Nc1cccc(C)c1.O=C([O-])C(F)(F)F. The van der Waals surface area contributed by atoms with Crippen molar-refractivity contribution in [3.05, 3.63) is 29.8 Å². The van der Waals surface area contributed by atoms with Crippen molar-refractivity contribution in [2.24, 2.45) is 0 Å². The fourth-order valence-corrected chi connectivity index (χ4v) is 1.77. The van der Waals surface area contributed by atoms with E-state index in [1.54, 1.807) is 0 Å². The number of alkyl halides is 3. The number of amides is 1. The topological polar surface area (TPSA) is 72.5 Å². The number of benzene rings is 1. The average Bonchev–Trinajstić information content (AvgIpc) is 2.59. The summed E-state index contributed by atoms with van der Waals surface area (Å²) in [5.41, 5.74) is 2.06. The van der Waals surface area contributed by atoms with Crippen molar-refractivity contribution < 1.29 is 27.9 Å². The van der Waals surface area contributed by atoms with Crippen LogP contribution in [0.25, 0.3) is 0 Å². The molecule has 5 nitrogen and oxygen atoms in total. The molecule has 0 aromatic heterocycles. The van der Waals surface area contributed by atoms with Crippen LogP contribution in [0.15, 0.2) is 24.3 Å². The predicted octanol–water partition coefficient (Wildman–Crippen LogP) is 3.77. The predicted molar refractivity (Wildman–Crippen MR) is 104 cm³/mol. The Morgan fingerprint density at radius 2 is 1.68 bits per heavy atom. The molecule has 0 fully saturated rings. The number of unbranched alkanes of at least 4 members (excludes halogenated alkanes) is 1. The molecule has 1 aromatic carbocycles. The van der Waals surface area contributed by atoms with Crippen molar-refractivity contribution in [1.29, 1.82) is 0 Å². The number of hydrogen-bond donors (Lipinski definition) is 1. The lowest BCUT2D eigenvalue weighted by molar-refractivity contribution is -0.344. The summed E-state index contributed by atoms with van der Waals surface area (Å²) >= 11 is 0. The number of halogens is 3. The largest absolute Gasteiger partial charge is 0.542 e. The molecule has 28 heavy (non-hydrogen) atoms. The van der Waals surface area contributed by atoms with Crippen LogP contribution in [0.4, 0.5) is 18.9 Å². The first-order valence-electron chi connectivity index (χ1n) is 9.31. The Morgan fingerprint density at radius 1 is 1.14 bits per heavy atom. The summed E-state index contributed by atoms with van der Waals surface area (Å²) in [6, 6.07) is 7.90. The zero-order valence-electron chi connectivity index (χ0n) is 17.4. The third-order valence-electron chi connectivity index (χ3n) is 3.27. The normalized spacial score (nSPS) is 10.3. The van der Waals surface area contributed by atoms with Gasteiger partial charge in [0.25, 0.3) is 0 Å². The van der Waals surface area contributed by atoms with E-state index in [2.05, 4.69) is 38.0 Å². The van der Waals surface area contributed by atoms with Crippen LogP contribution in [0.3, 0.4) is 0 Å². The molecular weight excluding hydrogens is 373 g/mol. The van der Waals surface area contributed by atoms with Crippen LogP contribution in [0, 0.1) is 6.92 Å². The van der Waals surface area contributed by atoms with Crippen LogP contribution in [0.2, 0.25) is 0 Å². The first-order chi connectivity index (χ1) is 13.0. The summed E-state index contributed by atoms with van der Waals surface area (Å²) in [6.45, 7) is 10.5. The highest BCUT2D eigenvalue weighted by Gasteiger charge is 2.28. The van der Waals surface area contributed by atoms with E-state index in [1.807, 2.05) is 31.2 Å². The molecule has 0 aliphatic heterocycles. The average molecular weight is 405 g/mol. The van der Waals surface area contributed by atoms with E-state index in [4.69, 9.17) is 9.90 Å². The second-order valence-corrected chi connectivity index (χ2v) is 6.26. The number of anilines is 1. The first-order valence-corrected chi connectivity index (χ1v) is 9.31. The molecule has 162 valence electrons. The monoisotopic (exact) mass is 405 g/mol. The summed E-state index contributed by atoms with van der Waals surface area (Å²) in [4.78, 5) is 22.8. The van der Waals surface area contributed by atoms with Crippen molar-refractivity contribution in [1.82, 2.24) is 4.90 Å². The van der Waals surface area contributed by atoms with Crippen molar-refractivity contribution in [2.45, 2.75) is 59.6 Å². The molecule has 0 saturated carbocycles. The van der Waals surface area contributed by atoms with E-state index in [0.29, 0.717) is 6.42 Å². The van der Waals surface area contributed by atoms with E-state index in [1.165, 1.54) is 6.42 Å². The van der Waals surface area contributed by atoms with E-state index >= 15 is 0 Å². The van der Waals surface area contributed by atoms with Gasteiger partial charge in [0.15, 0.2) is 0 Å². The summed E-state index contributed by atoms with van der Waals surface area (Å²) in [7, 11) is 2.10. The molecule has 1 aromatic rings. The van der Waals surface area contributed by atoms with Gasteiger partial charge < -0.3 is 20.1 Å². The number of aryl methyl sites for hydroxylation is 1. The highest BCUT2D eigenvalue weighted by Crippen LogP contribution is 2.11. The van der Waals surface area contributed by atoms with Gasteiger partial charge in [-0.1, -0.05) is 39.3 Å². The Balaban J connectivity index is 0. The van der Waals surface area contributed by atoms with Gasteiger partial charge in [-0.25, -0.2) is 0 Å². The zero-order chi connectivity index (χ0) is 22.2. The maximum Gasteiger partial charge on any atom is 0.430 e. The molecule has 1 amide bonds. The van der Waals surface area contributed by atoms with Crippen LogP contribution in [0.1, 0.15) is 52.0 Å². The minimum atomic E-state index is -5.19.